The third kappa shape index (κ3) is 4.48. The number of aryl methyl sites for hydroxylation is 1. The normalized spacial score (nSPS) is 17.2. The zero-order chi connectivity index (χ0) is 15.1. The molecule has 3 nitrogen and oxygen atoms in total. The van der Waals surface area contributed by atoms with Crippen LogP contribution in [0.2, 0.25) is 0 Å². The monoisotopic (exact) mass is 290 g/mol. The molecular formula is C18H26O3. The molecule has 1 aliphatic carbocycles. The van der Waals surface area contributed by atoms with E-state index in [0.29, 0.717) is 6.61 Å². The van der Waals surface area contributed by atoms with E-state index in [1.54, 1.807) is 0 Å². The molecule has 2 rings (SSSR count). The van der Waals surface area contributed by atoms with Crippen molar-refractivity contribution in [3.8, 4) is 5.75 Å². The predicted octanol–water partition coefficient (Wildman–Crippen LogP) is 4.14. The summed E-state index contributed by atoms with van der Waals surface area (Å²) in [5, 5.41) is 0. The van der Waals surface area contributed by atoms with Gasteiger partial charge in [-0.25, -0.2) is 4.79 Å². The molecule has 0 N–H and O–H groups in total. The van der Waals surface area contributed by atoms with Crippen molar-refractivity contribution in [2.45, 2.75) is 58.5 Å². The van der Waals surface area contributed by atoms with E-state index >= 15 is 0 Å². The van der Waals surface area contributed by atoms with E-state index in [9.17, 15) is 4.79 Å². The number of ether oxygens (including phenoxy) is 2. The Kier molecular flexibility index (Phi) is 6.09. The molecule has 21 heavy (non-hydrogen) atoms. The van der Waals surface area contributed by atoms with Crippen LogP contribution in [0.25, 0.3) is 0 Å². The largest absolute Gasteiger partial charge is 0.478 e. The maximum atomic E-state index is 12.2. The minimum atomic E-state index is -0.460. The van der Waals surface area contributed by atoms with Gasteiger partial charge < -0.3 is 9.47 Å². The van der Waals surface area contributed by atoms with E-state index in [1.807, 2.05) is 19.1 Å². The quantitative estimate of drug-likeness (QED) is 0.739. The number of benzene rings is 1. The first kappa shape index (κ1) is 15.9. The van der Waals surface area contributed by atoms with Gasteiger partial charge in [0, 0.05) is 5.92 Å². The lowest BCUT2D eigenvalue weighted by molar-refractivity contribution is -0.154. The number of hydrogen-bond donors (Lipinski definition) is 0. The first-order valence-corrected chi connectivity index (χ1v) is 8.16. The van der Waals surface area contributed by atoms with Gasteiger partial charge in [-0.3, -0.25) is 0 Å². The van der Waals surface area contributed by atoms with Crippen LogP contribution in [-0.4, -0.2) is 18.7 Å². The van der Waals surface area contributed by atoms with E-state index in [2.05, 4.69) is 19.1 Å². The van der Waals surface area contributed by atoms with Crippen molar-refractivity contribution >= 4 is 5.97 Å². The molecule has 1 fully saturated rings. The molecule has 0 saturated heterocycles. The Balaban J connectivity index is 2.07. The minimum absolute atomic E-state index is 0.219. The van der Waals surface area contributed by atoms with Crippen molar-refractivity contribution < 1.29 is 14.3 Å². The SMILES string of the molecule is CCOC(=O)C(Oc1ccc(CC)cc1)C1CCCCC1. The first-order valence-electron chi connectivity index (χ1n) is 8.16. The molecule has 1 atom stereocenters. The second kappa shape index (κ2) is 8.06. The second-order valence-corrected chi connectivity index (χ2v) is 5.69. The average molecular weight is 290 g/mol. The Morgan fingerprint density at radius 3 is 2.38 bits per heavy atom. The lowest BCUT2D eigenvalue weighted by Gasteiger charge is -2.29. The number of esters is 1. The van der Waals surface area contributed by atoms with Crippen LogP contribution in [0.15, 0.2) is 24.3 Å². The molecule has 0 aliphatic heterocycles. The van der Waals surface area contributed by atoms with Crippen molar-refractivity contribution in [1.29, 1.82) is 0 Å². The number of carbonyl (C=O) groups excluding carboxylic acids is 1. The van der Waals surface area contributed by atoms with Crippen molar-refractivity contribution in [2.75, 3.05) is 6.61 Å². The highest BCUT2D eigenvalue weighted by Gasteiger charge is 2.32. The fraction of sp³-hybridized carbons (Fsp3) is 0.611. The Bertz CT molecular complexity index is 432. The van der Waals surface area contributed by atoms with Crippen LogP contribution >= 0.6 is 0 Å². The molecule has 0 heterocycles. The van der Waals surface area contributed by atoms with Gasteiger partial charge in [-0.2, -0.15) is 0 Å². The van der Waals surface area contributed by atoms with Gasteiger partial charge in [-0.15, -0.1) is 0 Å². The standard InChI is InChI=1S/C18H26O3/c1-3-14-10-12-16(13-11-14)21-17(18(19)20-4-2)15-8-6-5-7-9-15/h10-13,15,17H,3-9H2,1-2H3. The van der Waals surface area contributed by atoms with Gasteiger partial charge in [-0.05, 0) is 43.9 Å². The molecule has 1 aliphatic rings. The van der Waals surface area contributed by atoms with Gasteiger partial charge >= 0.3 is 5.97 Å². The fourth-order valence-electron chi connectivity index (χ4n) is 2.95. The lowest BCUT2D eigenvalue weighted by atomic mass is 9.85. The van der Waals surface area contributed by atoms with Gasteiger partial charge in [0.05, 0.1) is 6.61 Å². The van der Waals surface area contributed by atoms with Crippen molar-refractivity contribution in [2.24, 2.45) is 5.92 Å². The Hall–Kier alpha value is -1.51. The van der Waals surface area contributed by atoms with Gasteiger partial charge in [0.1, 0.15) is 5.75 Å². The molecular weight excluding hydrogens is 264 g/mol. The third-order valence-electron chi connectivity index (χ3n) is 4.19. The van der Waals surface area contributed by atoms with Crippen LogP contribution in [0, 0.1) is 5.92 Å². The Labute approximate surface area is 127 Å². The summed E-state index contributed by atoms with van der Waals surface area (Å²) in [6.45, 7) is 4.37. The maximum Gasteiger partial charge on any atom is 0.347 e. The van der Waals surface area contributed by atoms with Crippen molar-refractivity contribution in [3.05, 3.63) is 29.8 Å². The number of rotatable bonds is 6. The zero-order valence-corrected chi connectivity index (χ0v) is 13.1. The highest BCUT2D eigenvalue weighted by atomic mass is 16.6. The van der Waals surface area contributed by atoms with Crippen LogP contribution < -0.4 is 4.74 Å². The smallest absolute Gasteiger partial charge is 0.347 e. The highest BCUT2D eigenvalue weighted by Crippen LogP contribution is 2.30. The van der Waals surface area contributed by atoms with Gasteiger partial charge in [0.2, 0.25) is 0 Å². The topological polar surface area (TPSA) is 35.5 Å². The summed E-state index contributed by atoms with van der Waals surface area (Å²) in [6, 6.07) is 8.01. The van der Waals surface area contributed by atoms with E-state index in [1.165, 1.54) is 24.8 Å². The summed E-state index contributed by atoms with van der Waals surface area (Å²) in [6.07, 6.45) is 6.27. The van der Waals surface area contributed by atoms with Crippen molar-refractivity contribution in [1.82, 2.24) is 0 Å². The highest BCUT2D eigenvalue weighted by molar-refractivity contribution is 5.75. The molecule has 0 amide bonds. The fourth-order valence-corrected chi connectivity index (χ4v) is 2.95. The van der Waals surface area contributed by atoms with Gasteiger partial charge in [-0.1, -0.05) is 38.3 Å². The van der Waals surface area contributed by atoms with E-state index in [-0.39, 0.29) is 11.9 Å². The molecule has 0 bridgehead atoms. The first-order chi connectivity index (χ1) is 10.2. The van der Waals surface area contributed by atoms with Crippen LogP contribution in [0.1, 0.15) is 51.5 Å². The predicted molar refractivity (Wildman–Crippen MR) is 83.4 cm³/mol. The Morgan fingerprint density at radius 1 is 1.14 bits per heavy atom. The van der Waals surface area contributed by atoms with E-state index in [4.69, 9.17) is 9.47 Å². The summed E-state index contributed by atoms with van der Waals surface area (Å²) in [5.41, 5.74) is 1.27. The molecule has 116 valence electrons. The molecule has 1 unspecified atom stereocenters. The van der Waals surface area contributed by atoms with Crippen LogP contribution in [0.3, 0.4) is 0 Å². The number of carbonyl (C=O) groups is 1. The molecule has 0 radical (unpaired) electrons. The molecule has 1 saturated carbocycles. The van der Waals surface area contributed by atoms with Crippen LogP contribution in [0.5, 0.6) is 5.75 Å². The third-order valence-corrected chi connectivity index (χ3v) is 4.19. The van der Waals surface area contributed by atoms with Crippen molar-refractivity contribution in [3.63, 3.8) is 0 Å². The minimum Gasteiger partial charge on any atom is -0.478 e. The Morgan fingerprint density at radius 2 is 1.81 bits per heavy atom. The zero-order valence-electron chi connectivity index (χ0n) is 13.1. The summed E-state index contributed by atoms with van der Waals surface area (Å²) >= 11 is 0. The lowest BCUT2D eigenvalue weighted by Crippen LogP contribution is -2.37. The van der Waals surface area contributed by atoms with Gasteiger partial charge in [0.15, 0.2) is 6.10 Å². The number of hydrogen-bond acceptors (Lipinski definition) is 3. The molecule has 1 aromatic carbocycles. The second-order valence-electron chi connectivity index (χ2n) is 5.69. The summed E-state index contributed by atoms with van der Waals surface area (Å²) in [7, 11) is 0. The van der Waals surface area contributed by atoms with E-state index < -0.39 is 6.10 Å². The molecule has 1 aromatic rings. The summed E-state index contributed by atoms with van der Waals surface area (Å²) in [5.74, 6) is 0.823. The maximum absolute atomic E-state index is 12.2. The van der Waals surface area contributed by atoms with Crippen LogP contribution in [-0.2, 0) is 16.0 Å². The van der Waals surface area contributed by atoms with Crippen LogP contribution in [0.4, 0.5) is 0 Å². The summed E-state index contributed by atoms with van der Waals surface area (Å²) in [4.78, 5) is 12.2. The van der Waals surface area contributed by atoms with Gasteiger partial charge in [0.25, 0.3) is 0 Å². The molecule has 0 aromatic heterocycles. The average Bonchev–Trinajstić information content (AvgIpc) is 2.54. The molecule has 0 spiro atoms. The van der Waals surface area contributed by atoms with E-state index in [0.717, 1.165) is 25.0 Å². The summed E-state index contributed by atoms with van der Waals surface area (Å²) < 4.78 is 11.2. The molecule has 3 heteroatoms.